The third-order valence-electron chi connectivity index (χ3n) is 4.12. The van der Waals surface area contributed by atoms with Crippen molar-refractivity contribution in [2.45, 2.75) is 70.3 Å². The van der Waals surface area contributed by atoms with Gasteiger partial charge >= 0.3 is 0 Å². The molecule has 2 nitrogen and oxygen atoms in total. The van der Waals surface area contributed by atoms with E-state index >= 15 is 0 Å². The topological polar surface area (TPSA) is 24.9 Å². The van der Waals surface area contributed by atoms with Crippen molar-refractivity contribution in [1.82, 2.24) is 10.3 Å². The Kier molecular flexibility index (Phi) is 4.12. The van der Waals surface area contributed by atoms with Crippen molar-refractivity contribution < 1.29 is 0 Å². The Hall–Kier alpha value is -0.410. The summed E-state index contributed by atoms with van der Waals surface area (Å²) in [5.41, 5.74) is 1.54. The first kappa shape index (κ1) is 14.0. The monoisotopic (exact) mass is 266 g/mol. The van der Waals surface area contributed by atoms with Crippen LogP contribution in [0.15, 0.2) is 5.38 Å². The molecule has 1 heterocycles. The van der Waals surface area contributed by atoms with E-state index < -0.39 is 0 Å². The van der Waals surface area contributed by atoms with Crippen LogP contribution in [0.1, 0.15) is 70.0 Å². The highest BCUT2D eigenvalue weighted by atomic mass is 32.1. The molecule has 0 spiro atoms. The minimum atomic E-state index is 0.144. The minimum Gasteiger partial charge on any atom is -0.308 e. The van der Waals surface area contributed by atoms with E-state index in [1.165, 1.54) is 49.2 Å². The van der Waals surface area contributed by atoms with E-state index in [1.54, 1.807) is 0 Å². The molecular formula is C15H26N2S. The van der Waals surface area contributed by atoms with Crippen LogP contribution >= 0.6 is 11.3 Å². The third kappa shape index (κ3) is 2.77. The number of nitrogens with one attached hydrogen (secondary N) is 1. The smallest absolute Gasteiger partial charge is 0.113 e. The summed E-state index contributed by atoms with van der Waals surface area (Å²) in [5, 5.41) is 7.14. The van der Waals surface area contributed by atoms with E-state index in [1.807, 2.05) is 11.3 Å². The van der Waals surface area contributed by atoms with Gasteiger partial charge in [-0.2, -0.15) is 0 Å². The van der Waals surface area contributed by atoms with E-state index in [0.717, 1.165) is 0 Å². The Morgan fingerprint density at radius 3 is 2.22 bits per heavy atom. The van der Waals surface area contributed by atoms with Gasteiger partial charge in [-0.05, 0) is 19.9 Å². The lowest BCUT2D eigenvalue weighted by molar-refractivity contribution is 0.311. The number of rotatable bonds is 2. The molecule has 18 heavy (non-hydrogen) atoms. The van der Waals surface area contributed by atoms with E-state index in [-0.39, 0.29) is 11.0 Å². The molecule has 3 heteroatoms. The van der Waals surface area contributed by atoms with Gasteiger partial charge in [-0.1, -0.05) is 46.5 Å². The van der Waals surface area contributed by atoms with Crippen molar-refractivity contribution in [3.63, 3.8) is 0 Å². The molecule has 0 aliphatic heterocycles. The molecular weight excluding hydrogens is 240 g/mol. The zero-order valence-electron chi connectivity index (χ0n) is 12.2. The lowest BCUT2D eigenvalue weighted by atomic mass is 9.90. The van der Waals surface area contributed by atoms with Gasteiger partial charge in [0.25, 0.3) is 0 Å². The fraction of sp³-hybridized carbons (Fsp3) is 0.800. The first-order valence-corrected chi connectivity index (χ1v) is 8.01. The molecule has 1 aliphatic rings. The highest BCUT2D eigenvalue weighted by molar-refractivity contribution is 7.09. The summed E-state index contributed by atoms with van der Waals surface area (Å²) in [5.74, 6) is 0. The number of thiazole rings is 1. The maximum atomic E-state index is 4.95. The zero-order chi connectivity index (χ0) is 13.2. The summed E-state index contributed by atoms with van der Waals surface area (Å²) in [4.78, 5) is 4.95. The quantitative estimate of drug-likeness (QED) is 0.811. The predicted molar refractivity (Wildman–Crippen MR) is 79.3 cm³/mol. The Morgan fingerprint density at radius 2 is 1.78 bits per heavy atom. The van der Waals surface area contributed by atoms with Crippen molar-refractivity contribution in [3.05, 3.63) is 16.1 Å². The highest BCUT2D eigenvalue weighted by Gasteiger charge is 2.34. The second kappa shape index (κ2) is 5.30. The molecule has 0 unspecified atom stereocenters. The highest BCUT2D eigenvalue weighted by Crippen LogP contribution is 2.38. The molecule has 0 saturated heterocycles. The summed E-state index contributed by atoms with van der Waals surface area (Å²) in [6.45, 7) is 6.72. The Bertz CT molecular complexity index is 381. The van der Waals surface area contributed by atoms with E-state index in [9.17, 15) is 0 Å². The summed E-state index contributed by atoms with van der Waals surface area (Å²) in [6.07, 6.45) is 7.87. The third-order valence-corrected chi connectivity index (χ3v) is 5.16. The second-order valence-corrected chi connectivity index (χ2v) is 7.39. The normalized spacial score (nSPS) is 20.7. The fourth-order valence-corrected chi connectivity index (χ4v) is 4.05. The SMILES string of the molecule is CNC1(c2nc(C(C)(C)C)cs2)CCCCCC1. The molecule has 1 aliphatic carbocycles. The number of nitrogens with zero attached hydrogens (tertiary/aromatic N) is 1. The van der Waals surface area contributed by atoms with Crippen LogP contribution in [0.25, 0.3) is 0 Å². The van der Waals surface area contributed by atoms with E-state index in [0.29, 0.717) is 0 Å². The predicted octanol–water partition coefficient (Wildman–Crippen LogP) is 4.21. The average Bonchev–Trinajstić information content (AvgIpc) is 2.70. The molecule has 0 aromatic carbocycles. The van der Waals surface area contributed by atoms with Crippen molar-refractivity contribution in [2.75, 3.05) is 7.05 Å². The molecule has 2 rings (SSSR count). The van der Waals surface area contributed by atoms with Gasteiger partial charge in [-0.15, -0.1) is 11.3 Å². The molecule has 0 amide bonds. The first-order valence-electron chi connectivity index (χ1n) is 7.13. The van der Waals surface area contributed by atoms with E-state index in [2.05, 4.69) is 38.5 Å². The van der Waals surface area contributed by atoms with Crippen LogP contribution < -0.4 is 5.32 Å². The molecule has 102 valence electrons. The minimum absolute atomic E-state index is 0.144. The molecule has 1 N–H and O–H groups in total. The average molecular weight is 266 g/mol. The van der Waals surface area contributed by atoms with Crippen LogP contribution in [0.3, 0.4) is 0 Å². The van der Waals surface area contributed by atoms with Crippen LogP contribution in [-0.2, 0) is 11.0 Å². The Balaban J connectivity index is 2.29. The maximum absolute atomic E-state index is 4.95. The summed E-state index contributed by atoms with van der Waals surface area (Å²) in [6, 6.07) is 0. The van der Waals surface area contributed by atoms with E-state index in [4.69, 9.17) is 4.98 Å². The van der Waals surface area contributed by atoms with Crippen LogP contribution in [0.2, 0.25) is 0 Å². The molecule has 0 atom stereocenters. The molecule has 1 aromatic heterocycles. The number of hydrogen-bond acceptors (Lipinski definition) is 3. The van der Waals surface area contributed by atoms with Gasteiger partial charge in [0.1, 0.15) is 5.01 Å². The molecule has 1 aromatic rings. The van der Waals surface area contributed by atoms with Crippen LogP contribution in [-0.4, -0.2) is 12.0 Å². The van der Waals surface area contributed by atoms with Crippen molar-refractivity contribution >= 4 is 11.3 Å². The van der Waals surface area contributed by atoms with Crippen molar-refractivity contribution in [2.24, 2.45) is 0 Å². The van der Waals surface area contributed by atoms with Gasteiger partial charge in [0, 0.05) is 10.8 Å². The van der Waals surface area contributed by atoms with Gasteiger partial charge in [-0.25, -0.2) is 4.98 Å². The van der Waals surface area contributed by atoms with Crippen LogP contribution in [0.4, 0.5) is 0 Å². The van der Waals surface area contributed by atoms with Crippen LogP contribution in [0.5, 0.6) is 0 Å². The van der Waals surface area contributed by atoms with Gasteiger partial charge in [0.05, 0.1) is 11.2 Å². The van der Waals surface area contributed by atoms with Gasteiger partial charge in [0.15, 0.2) is 0 Å². The van der Waals surface area contributed by atoms with Crippen molar-refractivity contribution in [1.29, 1.82) is 0 Å². The van der Waals surface area contributed by atoms with Crippen LogP contribution in [0, 0.1) is 0 Å². The molecule has 0 radical (unpaired) electrons. The summed E-state index contributed by atoms with van der Waals surface area (Å²) >= 11 is 1.84. The largest absolute Gasteiger partial charge is 0.308 e. The molecule has 1 fully saturated rings. The summed E-state index contributed by atoms with van der Waals surface area (Å²) in [7, 11) is 2.10. The zero-order valence-corrected chi connectivity index (χ0v) is 13.0. The Morgan fingerprint density at radius 1 is 1.17 bits per heavy atom. The van der Waals surface area contributed by atoms with Gasteiger partial charge < -0.3 is 5.32 Å². The Labute approximate surface area is 115 Å². The van der Waals surface area contributed by atoms with Gasteiger partial charge in [-0.3, -0.25) is 0 Å². The number of aromatic nitrogens is 1. The molecule has 1 saturated carbocycles. The lowest BCUT2D eigenvalue weighted by Crippen LogP contribution is -2.39. The van der Waals surface area contributed by atoms with Crippen molar-refractivity contribution in [3.8, 4) is 0 Å². The standard InChI is InChI=1S/C15H26N2S/c1-14(2,3)12-11-18-13(17-12)15(16-4)9-7-5-6-8-10-15/h11,16H,5-10H2,1-4H3. The summed E-state index contributed by atoms with van der Waals surface area (Å²) < 4.78 is 0. The maximum Gasteiger partial charge on any atom is 0.113 e. The number of hydrogen-bond donors (Lipinski definition) is 1. The second-order valence-electron chi connectivity index (χ2n) is 6.53. The lowest BCUT2D eigenvalue weighted by Gasteiger charge is -2.30. The fourth-order valence-electron chi connectivity index (χ4n) is 2.74. The van der Waals surface area contributed by atoms with Gasteiger partial charge in [0.2, 0.25) is 0 Å². The first-order chi connectivity index (χ1) is 8.48. The molecule has 0 bridgehead atoms.